The van der Waals surface area contributed by atoms with Gasteiger partial charge in [0.15, 0.2) is 0 Å². The van der Waals surface area contributed by atoms with E-state index >= 15 is 0 Å². The summed E-state index contributed by atoms with van der Waals surface area (Å²) in [5.74, 6) is 0.736. The van der Waals surface area contributed by atoms with Crippen molar-refractivity contribution in [2.45, 2.75) is 46.1 Å². The predicted octanol–water partition coefficient (Wildman–Crippen LogP) is 2.93. The Labute approximate surface area is 86.3 Å². The van der Waals surface area contributed by atoms with Crippen LogP contribution in [0.5, 0.6) is 0 Å². The summed E-state index contributed by atoms with van der Waals surface area (Å²) >= 11 is 0. The Balaban J connectivity index is 2.56. The molecule has 1 aliphatic carbocycles. The van der Waals surface area contributed by atoms with Crippen molar-refractivity contribution in [2.75, 3.05) is 0 Å². The van der Waals surface area contributed by atoms with Crippen LogP contribution in [0.4, 0.5) is 0 Å². The Morgan fingerprint density at radius 1 is 1.29 bits per heavy atom. The smallest absolute Gasteiger partial charge is 0.333 e. The van der Waals surface area contributed by atoms with Crippen molar-refractivity contribution in [3.8, 4) is 0 Å². The average molecular weight is 196 g/mol. The van der Waals surface area contributed by atoms with Crippen molar-refractivity contribution in [1.82, 2.24) is 0 Å². The van der Waals surface area contributed by atoms with Crippen molar-refractivity contribution < 1.29 is 9.53 Å². The fourth-order valence-electron chi connectivity index (χ4n) is 2.11. The van der Waals surface area contributed by atoms with Gasteiger partial charge in [0.05, 0.1) is 0 Å². The summed E-state index contributed by atoms with van der Waals surface area (Å²) < 4.78 is 5.44. The van der Waals surface area contributed by atoms with Crippen LogP contribution in [0.1, 0.15) is 40.0 Å². The average Bonchev–Trinajstić information content (AvgIpc) is 2.11. The van der Waals surface area contributed by atoms with Gasteiger partial charge in [0.1, 0.15) is 6.10 Å². The first-order chi connectivity index (χ1) is 6.52. The maximum atomic E-state index is 11.4. The molecule has 0 amide bonds. The standard InChI is InChI=1S/C12H20O2/c1-8(2)12(13)14-11-9(3)6-5-7-10(11)4/h9-11H,1,5-7H2,2-4H3. The molecule has 1 saturated carbocycles. The van der Waals surface area contributed by atoms with Gasteiger partial charge in [-0.15, -0.1) is 0 Å². The minimum absolute atomic E-state index is 0.0907. The van der Waals surface area contributed by atoms with Crippen LogP contribution in [0, 0.1) is 11.8 Å². The summed E-state index contributed by atoms with van der Waals surface area (Å²) in [5.41, 5.74) is 0.495. The van der Waals surface area contributed by atoms with Gasteiger partial charge in [0.25, 0.3) is 0 Å². The van der Waals surface area contributed by atoms with E-state index in [0.29, 0.717) is 17.4 Å². The molecule has 0 aromatic carbocycles. The van der Waals surface area contributed by atoms with E-state index in [0.717, 1.165) is 0 Å². The minimum Gasteiger partial charge on any atom is -0.458 e. The van der Waals surface area contributed by atoms with E-state index < -0.39 is 0 Å². The molecule has 0 saturated heterocycles. The van der Waals surface area contributed by atoms with E-state index in [1.165, 1.54) is 19.3 Å². The van der Waals surface area contributed by atoms with Crippen molar-refractivity contribution in [3.05, 3.63) is 12.2 Å². The van der Waals surface area contributed by atoms with Gasteiger partial charge in [-0.25, -0.2) is 4.79 Å². The Hall–Kier alpha value is -0.790. The number of esters is 1. The lowest BCUT2D eigenvalue weighted by Crippen LogP contribution is -2.34. The molecule has 0 aromatic rings. The molecule has 2 nitrogen and oxygen atoms in total. The molecular weight excluding hydrogens is 176 g/mol. The number of carbonyl (C=O) groups excluding carboxylic acids is 1. The van der Waals surface area contributed by atoms with Crippen LogP contribution in [0.15, 0.2) is 12.2 Å². The van der Waals surface area contributed by atoms with E-state index in [4.69, 9.17) is 4.74 Å². The Morgan fingerprint density at radius 2 is 1.79 bits per heavy atom. The van der Waals surface area contributed by atoms with E-state index in [1.807, 2.05) is 0 Å². The Bertz CT molecular complexity index is 222. The first-order valence-electron chi connectivity index (χ1n) is 5.39. The third-order valence-electron chi connectivity index (χ3n) is 3.03. The Morgan fingerprint density at radius 3 is 2.21 bits per heavy atom. The maximum Gasteiger partial charge on any atom is 0.333 e. The van der Waals surface area contributed by atoms with Gasteiger partial charge < -0.3 is 4.74 Å². The van der Waals surface area contributed by atoms with Crippen molar-refractivity contribution in [2.24, 2.45) is 11.8 Å². The highest BCUT2D eigenvalue weighted by molar-refractivity contribution is 5.87. The van der Waals surface area contributed by atoms with Crippen LogP contribution >= 0.6 is 0 Å². The molecule has 0 heterocycles. The molecule has 0 N–H and O–H groups in total. The lowest BCUT2D eigenvalue weighted by Gasteiger charge is -2.33. The van der Waals surface area contributed by atoms with E-state index in [9.17, 15) is 4.79 Å². The fourth-order valence-corrected chi connectivity index (χ4v) is 2.11. The van der Waals surface area contributed by atoms with Gasteiger partial charge in [-0.2, -0.15) is 0 Å². The lowest BCUT2D eigenvalue weighted by atomic mass is 9.80. The van der Waals surface area contributed by atoms with Gasteiger partial charge in [0.2, 0.25) is 0 Å². The topological polar surface area (TPSA) is 26.3 Å². The summed E-state index contributed by atoms with van der Waals surface area (Å²) in [7, 11) is 0. The normalized spacial score (nSPS) is 32.4. The molecule has 80 valence electrons. The monoisotopic (exact) mass is 196 g/mol. The SMILES string of the molecule is C=C(C)C(=O)OC1C(C)CCCC1C. The molecular formula is C12H20O2. The van der Waals surface area contributed by atoms with Gasteiger partial charge in [0, 0.05) is 5.57 Å². The van der Waals surface area contributed by atoms with Crippen LogP contribution in [-0.2, 0) is 9.53 Å². The summed E-state index contributed by atoms with van der Waals surface area (Å²) in [4.78, 5) is 11.4. The molecule has 0 aliphatic heterocycles. The molecule has 2 unspecified atom stereocenters. The van der Waals surface area contributed by atoms with Gasteiger partial charge in [-0.05, 0) is 31.6 Å². The predicted molar refractivity (Wildman–Crippen MR) is 56.9 cm³/mol. The number of carbonyl (C=O) groups is 1. The number of rotatable bonds is 2. The van der Waals surface area contributed by atoms with Crippen molar-refractivity contribution in [3.63, 3.8) is 0 Å². The van der Waals surface area contributed by atoms with Crippen LogP contribution < -0.4 is 0 Å². The summed E-state index contributed by atoms with van der Waals surface area (Å²) in [6.45, 7) is 9.61. The quantitative estimate of drug-likeness (QED) is 0.501. The van der Waals surface area contributed by atoms with Gasteiger partial charge in [-0.1, -0.05) is 26.8 Å². The molecule has 0 aromatic heterocycles. The van der Waals surface area contributed by atoms with Crippen molar-refractivity contribution in [1.29, 1.82) is 0 Å². The van der Waals surface area contributed by atoms with Crippen LogP contribution in [0.25, 0.3) is 0 Å². The van der Waals surface area contributed by atoms with Gasteiger partial charge in [-0.3, -0.25) is 0 Å². The zero-order valence-electron chi connectivity index (χ0n) is 9.38. The van der Waals surface area contributed by atoms with Crippen LogP contribution in [-0.4, -0.2) is 12.1 Å². The van der Waals surface area contributed by atoms with Crippen molar-refractivity contribution >= 4 is 5.97 Å². The largest absolute Gasteiger partial charge is 0.458 e. The number of ether oxygens (including phenoxy) is 1. The molecule has 0 radical (unpaired) electrons. The third kappa shape index (κ3) is 2.60. The van der Waals surface area contributed by atoms with Crippen LogP contribution in [0.2, 0.25) is 0 Å². The number of hydrogen-bond donors (Lipinski definition) is 0. The summed E-state index contributed by atoms with van der Waals surface area (Å²) in [6.07, 6.45) is 3.67. The highest BCUT2D eigenvalue weighted by Crippen LogP contribution is 2.31. The molecule has 2 heteroatoms. The zero-order valence-corrected chi connectivity index (χ0v) is 9.38. The molecule has 2 atom stereocenters. The fraction of sp³-hybridized carbons (Fsp3) is 0.750. The highest BCUT2D eigenvalue weighted by Gasteiger charge is 2.30. The molecule has 1 fully saturated rings. The first kappa shape index (κ1) is 11.3. The highest BCUT2D eigenvalue weighted by atomic mass is 16.5. The van der Waals surface area contributed by atoms with Crippen LogP contribution in [0.3, 0.4) is 0 Å². The molecule has 0 spiro atoms. The van der Waals surface area contributed by atoms with E-state index in [1.54, 1.807) is 6.92 Å². The molecule has 1 aliphatic rings. The second-order valence-electron chi connectivity index (χ2n) is 4.54. The zero-order chi connectivity index (χ0) is 10.7. The minimum atomic E-state index is -0.240. The Kier molecular flexibility index (Phi) is 3.73. The van der Waals surface area contributed by atoms with E-state index in [-0.39, 0.29) is 12.1 Å². The second kappa shape index (κ2) is 4.63. The lowest BCUT2D eigenvalue weighted by molar-refractivity contribution is -0.151. The second-order valence-corrected chi connectivity index (χ2v) is 4.54. The molecule has 1 rings (SSSR count). The maximum absolute atomic E-state index is 11.4. The summed E-state index contributed by atoms with van der Waals surface area (Å²) in [6, 6.07) is 0. The molecule has 0 bridgehead atoms. The van der Waals surface area contributed by atoms with Gasteiger partial charge >= 0.3 is 5.97 Å². The summed E-state index contributed by atoms with van der Waals surface area (Å²) in [5, 5.41) is 0. The van der Waals surface area contributed by atoms with E-state index in [2.05, 4.69) is 20.4 Å². The third-order valence-corrected chi connectivity index (χ3v) is 3.03. The first-order valence-corrected chi connectivity index (χ1v) is 5.39. The molecule has 14 heavy (non-hydrogen) atoms. The number of hydrogen-bond acceptors (Lipinski definition) is 2.